The molecule has 1 saturated heterocycles. The molecule has 3 heterocycles. The van der Waals surface area contributed by atoms with Crippen molar-refractivity contribution in [1.82, 2.24) is 14.9 Å². The van der Waals surface area contributed by atoms with E-state index >= 15 is 0 Å². The molecule has 2 aromatic rings. The summed E-state index contributed by atoms with van der Waals surface area (Å²) in [5, 5.41) is 1.40. The number of thiophene rings is 1. The van der Waals surface area contributed by atoms with Crippen LogP contribution in [0.4, 0.5) is 5.82 Å². The third kappa shape index (κ3) is 3.93. The largest absolute Gasteiger partial charge is 0.353 e. The lowest BCUT2D eigenvalue weighted by Crippen LogP contribution is -2.50. The molecule has 0 unspecified atom stereocenters. The Morgan fingerprint density at radius 1 is 0.862 bits per heavy atom. The normalized spacial score (nSPS) is 22.2. The lowest BCUT2D eigenvalue weighted by molar-refractivity contribution is 0.169. The second-order valence-electron chi connectivity index (χ2n) is 9.62. The number of rotatable bonds is 3. The van der Waals surface area contributed by atoms with Crippen LogP contribution >= 0.6 is 11.3 Å². The lowest BCUT2D eigenvalue weighted by atomic mass is 9.96. The number of aromatic nitrogens is 2. The summed E-state index contributed by atoms with van der Waals surface area (Å²) in [6.45, 7) is 9.07. The molecule has 2 aromatic heterocycles. The number of aryl methyl sites for hydroxylation is 2. The summed E-state index contributed by atoms with van der Waals surface area (Å²) in [4.78, 5) is 18.4. The van der Waals surface area contributed by atoms with Crippen LogP contribution in [0.15, 0.2) is 0 Å². The number of nitrogens with zero attached hydrogens (tertiary/aromatic N) is 4. The first-order chi connectivity index (χ1) is 14.2. The maximum atomic E-state index is 5.16. The van der Waals surface area contributed by atoms with Crippen molar-refractivity contribution in [2.45, 2.75) is 90.0 Å². The van der Waals surface area contributed by atoms with Crippen LogP contribution in [0.25, 0.3) is 10.2 Å². The van der Waals surface area contributed by atoms with Crippen LogP contribution in [0.5, 0.6) is 0 Å². The minimum Gasteiger partial charge on any atom is -0.353 e. The number of hydrogen-bond donors (Lipinski definition) is 0. The van der Waals surface area contributed by atoms with E-state index in [2.05, 4.69) is 23.6 Å². The Balaban J connectivity index is 1.43. The molecule has 0 atom stereocenters. The molecule has 0 amide bonds. The monoisotopic (exact) mass is 412 g/mol. The van der Waals surface area contributed by atoms with E-state index in [-0.39, 0.29) is 0 Å². The highest BCUT2D eigenvalue weighted by Gasteiger charge is 2.29. The van der Waals surface area contributed by atoms with E-state index in [1.807, 2.05) is 11.3 Å². The van der Waals surface area contributed by atoms with Gasteiger partial charge in [0, 0.05) is 43.0 Å². The first-order valence-electron chi connectivity index (χ1n) is 12.0. The van der Waals surface area contributed by atoms with Crippen molar-refractivity contribution in [3.05, 3.63) is 16.3 Å². The van der Waals surface area contributed by atoms with Crippen LogP contribution in [-0.2, 0) is 12.8 Å². The smallest absolute Gasteiger partial charge is 0.141 e. The molecule has 158 valence electrons. The molecule has 0 bridgehead atoms. The molecule has 0 N–H and O–H groups in total. The molecule has 5 heteroatoms. The number of piperazine rings is 1. The minimum atomic E-state index is 0.379. The fourth-order valence-electron chi connectivity index (χ4n) is 5.56. The summed E-state index contributed by atoms with van der Waals surface area (Å²) in [6, 6.07) is 0.824. The van der Waals surface area contributed by atoms with Crippen molar-refractivity contribution in [1.29, 1.82) is 0 Å². The van der Waals surface area contributed by atoms with Crippen LogP contribution in [0.3, 0.4) is 0 Å². The topological polar surface area (TPSA) is 32.3 Å². The molecule has 1 saturated carbocycles. The Bertz CT molecular complexity index is 842. The third-order valence-electron chi connectivity index (χ3n) is 7.28. The zero-order chi connectivity index (χ0) is 19.8. The van der Waals surface area contributed by atoms with Crippen LogP contribution in [0.2, 0.25) is 0 Å². The van der Waals surface area contributed by atoms with Gasteiger partial charge in [0.25, 0.3) is 0 Å². The highest BCUT2D eigenvalue weighted by Crippen LogP contribution is 2.40. The fourth-order valence-corrected chi connectivity index (χ4v) is 6.83. The number of hydrogen-bond acceptors (Lipinski definition) is 5. The van der Waals surface area contributed by atoms with Crippen LogP contribution in [0.1, 0.15) is 87.4 Å². The van der Waals surface area contributed by atoms with E-state index in [1.54, 1.807) is 10.4 Å². The maximum Gasteiger partial charge on any atom is 0.141 e. The lowest BCUT2D eigenvalue weighted by Gasteiger charge is -2.40. The van der Waals surface area contributed by atoms with Crippen molar-refractivity contribution >= 4 is 27.4 Å². The highest BCUT2D eigenvalue weighted by molar-refractivity contribution is 7.19. The van der Waals surface area contributed by atoms with Gasteiger partial charge in [0.05, 0.1) is 5.39 Å². The summed E-state index contributed by atoms with van der Waals surface area (Å²) in [7, 11) is 0. The average Bonchev–Trinajstić information content (AvgIpc) is 2.92. The van der Waals surface area contributed by atoms with E-state index in [1.165, 1.54) is 93.3 Å². The second-order valence-corrected chi connectivity index (χ2v) is 10.7. The quantitative estimate of drug-likeness (QED) is 0.620. The summed E-state index contributed by atoms with van der Waals surface area (Å²) >= 11 is 1.95. The molecule has 3 aliphatic rings. The molecule has 2 fully saturated rings. The van der Waals surface area contributed by atoms with Gasteiger partial charge in [0.15, 0.2) is 0 Å². The van der Waals surface area contributed by atoms with Gasteiger partial charge in [0.2, 0.25) is 0 Å². The summed E-state index contributed by atoms with van der Waals surface area (Å²) in [5.41, 5.74) is 1.58. The third-order valence-corrected chi connectivity index (χ3v) is 8.47. The predicted octanol–water partition coefficient (Wildman–Crippen LogP) is 5.54. The predicted molar refractivity (Wildman–Crippen MR) is 123 cm³/mol. The molecule has 4 nitrogen and oxygen atoms in total. The Labute approximate surface area is 179 Å². The van der Waals surface area contributed by atoms with Crippen LogP contribution < -0.4 is 4.90 Å². The minimum absolute atomic E-state index is 0.379. The summed E-state index contributed by atoms with van der Waals surface area (Å²) in [6.07, 6.45) is 13.7. The molecule has 0 aromatic carbocycles. The Morgan fingerprint density at radius 2 is 1.59 bits per heavy atom. The van der Waals surface area contributed by atoms with Crippen molar-refractivity contribution < 1.29 is 0 Å². The Kier molecular flexibility index (Phi) is 5.79. The van der Waals surface area contributed by atoms with Gasteiger partial charge in [-0.05, 0) is 44.1 Å². The summed E-state index contributed by atoms with van der Waals surface area (Å²) < 4.78 is 0. The molecule has 29 heavy (non-hydrogen) atoms. The van der Waals surface area contributed by atoms with E-state index in [0.29, 0.717) is 5.92 Å². The van der Waals surface area contributed by atoms with Gasteiger partial charge in [0.1, 0.15) is 16.5 Å². The van der Waals surface area contributed by atoms with E-state index < -0.39 is 0 Å². The molecular formula is C24H36N4S. The van der Waals surface area contributed by atoms with Gasteiger partial charge in [-0.15, -0.1) is 11.3 Å². The van der Waals surface area contributed by atoms with Crippen molar-refractivity contribution in [3.8, 4) is 0 Å². The number of anilines is 1. The molecule has 5 rings (SSSR count). The van der Waals surface area contributed by atoms with Gasteiger partial charge in [-0.3, -0.25) is 4.90 Å². The van der Waals surface area contributed by atoms with Gasteiger partial charge in [-0.25, -0.2) is 9.97 Å². The average molecular weight is 413 g/mol. The zero-order valence-electron chi connectivity index (χ0n) is 18.3. The van der Waals surface area contributed by atoms with Crippen LogP contribution in [-0.4, -0.2) is 47.1 Å². The molecule has 0 radical (unpaired) electrons. The standard InChI is InChI=1S/C24H36N4S/c1-17(2)22-25-23(21-19-11-7-8-12-20(19)29-24(21)26-22)28-15-13-27(14-16-28)18-9-5-3-4-6-10-18/h17-18H,3-16H2,1-2H3. The van der Waals surface area contributed by atoms with Crippen molar-refractivity contribution in [3.63, 3.8) is 0 Å². The van der Waals surface area contributed by atoms with Gasteiger partial charge < -0.3 is 4.90 Å². The van der Waals surface area contributed by atoms with Gasteiger partial charge >= 0.3 is 0 Å². The molecule has 1 aliphatic heterocycles. The van der Waals surface area contributed by atoms with Gasteiger partial charge in [-0.1, -0.05) is 39.5 Å². The zero-order valence-corrected chi connectivity index (χ0v) is 19.1. The van der Waals surface area contributed by atoms with E-state index in [9.17, 15) is 0 Å². The first kappa shape index (κ1) is 19.7. The van der Waals surface area contributed by atoms with Crippen molar-refractivity contribution in [2.24, 2.45) is 0 Å². The first-order valence-corrected chi connectivity index (χ1v) is 12.8. The Hall–Kier alpha value is -1.20. The maximum absolute atomic E-state index is 5.16. The molecular weight excluding hydrogens is 376 g/mol. The van der Waals surface area contributed by atoms with E-state index in [4.69, 9.17) is 9.97 Å². The van der Waals surface area contributed by atoms with Crippen LogP contribution in [0, 0.1) is 0 Å². The highest BCUT2D eigenvalue weighted by atomic mass is 32.1. The van der Waals surface area contributed by atoms with Gasteiger partial charge in [-0.2, -0.15) is 0 Å². The number of fused-ring (bicyclic) bond motifs is 3. The summed E-state index contributed by atoms with van der Waals surface area (Å²) in [5.74, 6) is 2.65. The van der Waals surface area contributed by atoms with E-state index in [0.717, 1.165) is 25.0 Å². The second kappa shape index (κ2) is 8.50. The molecule has 2 aliphatic carbocycles. The van der Waals surface area contributed by atoms with Crippen molar-refractivity contribution in [2.75, 3.05) is 31.1 Å². The fraction of sp³-hybridized carbons (Fsp3) is 0.750. The Morgan fingerprint density at radius 3 is 2.31 bits per heavy atom. The SMILES string of the molecule is CC(C)c1nc(N2CCN(C3CCCCCC3)CC2)c2c3c(sc2n1)CCCC3. The molecule has 0 spiro atoms.